The molecule has 1 amide bonds. The van der Waals surface area contributed by atoms with Crippen molar-refractivity contribution in [3.63, 3.8) is 0 Å². The van der Waals surface area contributed by atoms with Gasteiger partial charge in [0, 0.05) is 24.2 Å². The van der Waals surface area contributed by atoms with Crippen LogP contribution < -0.4 is 0 Å². The largest absolute Gasteiger partial charge is 0.416 e. The molecule has 10 heteroatoms. The maximum atomic E-state index is 13.9. The molecule has 0 bridgehead atoms. The number of nitrogens with zero attached hydrogens (tertiary/aromatic N) is 2. The number of carbonyl (C=O) groups excluding carboxylic acids is 1. The Morgan fingerprint density at radius 1 is 1.21 bits per heavy atom. The number of nitro groups is 1. The van der Waals surface area contributed by atoms with Gasteiger partial charge in [-0.1, -0.05) is 18.2 Å². The van der Waals surface area contributed by atoms with Crippen molar-refractivity contribution in [2.24, 2.45) is 0 Å². The summed E-state index contributed by atoms with van der Waals surface area (Å²) in [6.07, 6.45) is -3.14. The van der Waals surface area contributed by atoms with Crippen LogP contribution in [0.25, 0.3) is 0 Å². The molecule has 3 rings (SSSR count). The molecule has 154 valence electrons. The summed E-state index contributed by atoms with van der Waals surface area (Å²) in [6, 6.07) is 8.26. The van der Waals surface area contributed by atoms with E-state index in [9.17, 15) is 32.5 Å². The van der Waals surface area contributed by atoms with E-state index >= 15 is 0 Å². The lowest BCUT2D eigenvalue weighted by Gasteiger charge is -2.22. The number of halogens is 4. The summed E-state index contributed by atoms with van der Waals surface area (Å²) in [5.41, 5.74) is -1.47. The van der Waals surface area contributed by atoms with Crippen molar-refractivity contribution in [2.75, 3.05) is 5.75 Å². The number of hydrogen-bond acceptors (Lipinski definition) is 4. The first kappa shape index (κ1) is 21.1. The zero-order valence-corrected chi connectivity index (χ0v) is 15.8. The normalized spacial score (nSPS) is 13.9. The smallest absolute Gasteiger partial charge is 0.335 e. The van der Waals surface area contributed by atoms with Crippen LogP contribution in [-0.2, 0) is 17.5 Å². The maximum absolute atomic E-state index is 13.9. The van der Waals surface area contributed by atoms with E-state index in [1.54, 1.807) is 18.2 Å². The Morgan fingerprint density at radius 3 is 2.48 bits per heavy atom. The quantitative estimate of drug-likeness (QED) is 0.268. The second-order valence-corrected chi connectivity index (χ2v) is 7.59. The number of nitro benzene ring substituents is 1. The molecule has 1 fully saturated rings. The molecule has 0 unspecified atom stereocenters. The van der Waals surface area contributed by atoms with Gasteiger partial charge in [-0.25, -0.2) is 4.39 Å². The van der Waals surface area contributed by atoms with E-state index in [4.69, 9.17) is 0 Å². The predicted octanol–water partition coefficient (Wildman–Crippen LogP) is 5.04. The van der Waals surface area contributed by atoms with Crippen molar-refractivity contribution in [3.8, 4) is 0 Å². The van der Waals surface area contributed by atoms with Gasteiger partial charge in [0.1, 0.15) is 5.82 Å². The van der Waals surface area contributed by atoms with Crippen LogP contribution in [0.1, 0.15) is 24.0 Å². The molecular formula is C19H16F4N2O3S. The fraction of sp³-hybridized carbons (Fsp3) is 0.316. The van der Waals surface area contributed by atoms with E-state index in [1.807, 2.05) is 0 Å². The minimum Gasteiger partial charge on any atom is -0.335 e. The molecule has 1 aliphatic carbocycles. The number of thioether (sulfide) groups is 1. The molecule has 0 aromatic heterocycles. The average Bonchev–Trinajstić information content (AvgIpc) is 3.49. The Bertz CT molecular complexity index is 932. The highest BCUT2D eigenvalue weighted by Gasteiger charge is 2.35. The van der Waals surface area contributed by atoms with E-state index in [2.05, 4.69) is 0 Å². The molecule has 29 heavy (non-hydrogen) atoms. The van der Waals surface area contributed by atoms with Gasteiger partial charge in [-0.15, -0.1) is 11.8 Å². The fourth-order valence-corrected chi connectivity index (χ4v) is 3.69. The molecule has 1 aliphatic rings. The second-order valence-electron chi connectivity index (χ2n) is 6.57. The van der Waals surface area contributed by atoms with Crippen LogP contribution in [0, 0.1) is 15.9 Å². The van der Waals surface area contributed by atoms with Crippen molar-refractivity contribution in [3.05, 3.63) is 69.5 Å². The number of benzene rings is 2. The fourth-order valence-electron chi connectivity index (χ4n) is 2.80. The summed E-state index contributed by atoms with van der Waals surface area (Å²) in [5, 5.41) is 11.2. The summed E-state index contributed by atoms with van der Waals surface area (Å²) in [7, 11) is 0. The Kier molecular flexibility index (Phi) is 6.11. The molecule has 5 nitrogen and oxygen atoms in total. The molecule has 0 N–H and O–H groups in total. The lowest BCUT2D eigenvalue weighted by Crippen LogP contribution is -2.34. The summed E-state index contributed by atoms with van der Waals surface area (Å²) in [4.78, 5) is 24.4. The van der Waals surface area contributed by atoms with E-state index in [0.29, 0.717) is 11.6 Å². The van der Waals surface area contributed by atoms with Gasteiger partial charge in [0.15, 0.2) is 0 Å². The first-order valence-corrected chi connectivity index (χ1v) is 9.66. The summed E-state index contributed by atoms with van der Waals surface area (Å²) < 4.78 is 52.3. The van der Waals surface area contributed by atoms with Crippen LogP contribution in [0.2, 0.25) is 0 Å². The van der Waals surface area contributed by atoms with Gasteiger partial charge in [-0.05, 0) is 31.0 Å². The zero-order chi connectivity index (χ0) is 21.2. The molecule has 2 aromatic carbocycles. The number of carbonyl (C=O) groups is 1. The van der Waals surface area contributed by atoms with Crippen LogP contribution in [-0.4, -0.2) is 27.5 Å². The third-order valence-electron chi connectivity index (χ3n) is 4.44. The van der Waals surface area contributed by atoms with Gasteiger partial charge in [-0.3, -0.25) is 14.9 Å². The lowest BCUT2D eigenvalue weighted by atomic mass is 10.2. The monoisotopic (exact) mass is 428 g/mol. The highest BCUT2D eigenvalue weighted by molar-refractivity contribution is 8.00. The van der Waals surface area contributed by atoms with Crippen LogP contribution in [0.5, 0.6) is 0 Å². The van der Waals surface area contributed by atoms with Gasteiger partial charge in [0.25, 0.3) is 5.69 Å². The third-order valence-corrected chi connectivity index (χ3v) is 5.49. The number of hydrogen-bond donors (Lipinski definition) is 0. The molecule has 0 spiro atoms. The molecule has 0 saturated heterocycles. The minimum absolute atomic E-state index is 0.0229. The molecular weight excluding hydrogens is 412 g/mol. The van der Waals surface area contributed by atoms with Gasteiger partial charge >= 0.3 is 6.18 Å². The van der Waals surface area contributed by atoms with E-state index in [0.717, 1.165) is 36.7 Å². The predicted molar refractivity (Wildman–Crippen MR) is 98.8 cm³/mol. The molecule has 2 aromatic rings. The second kappa shape index (κ2) is 8.40. The number of rotatable bonds is 7. The Labute approximate surface area is 167 Å². The van der Waals surface area contributed by atoms with Gasteiger partial charge in [0.2, 0.25) is 5.91 Å². The minimum atomic E-state index is -4.70. The van der Waals surface area contributed by atoms with Crippen LogP contribution in [0.3, 0.4) is 0 Å². The average molecular weight is 428 g/mol. The molecule has 0 radical (unpaired) electrons. The van der Waals surface area contributed by atoms with Crippen molar-refractivity contribution in [1.82, 2.24) is 4.90 Å². The molecule has 0 heterocycles. The standard InChI is InChI=1S/C19H16F4N2O3S/c20-15-4-2-1-3-12(15)10-24(14-6-7-14)18(26)11-29-17-8-5-13(19(21,22)23)9-16(17)25(27)28/h1-5,8-9,14H,6-7,10-11H2. The van der Waals surface area contributed by atoms with Gasteiger partial charge in [-0.2, -0.15) is 13.2 Å². The Hall–Kier alpha value is -2.62. The molecule has 0 aliphatic heterocycles. The van der Waals surface area contributed by atoms with Gasteiger partial charge < -0.3 is 4.90 Å². The Morgan fingerprint density at radius 2 is 1.90 bits per heavy atom. The van der Waals surface area contributed by atoms with Crippen molar-refractivity contribution >= 4 is 23.4 Å². The van der Waals surface area contributed by atoms with Crippen LogP contribution in [0.4, 0.5) is 23.2 Å². The van der Waals surface area contributed by atoms with E-state index < -0.39 is 28.2 Å². The van der Waals surface area contributed by atoms with Crippen molar-refractivity contribution < 1.29 is 27.3 Å². The lowest BCUT2D eigenvalue weighted by molar-refractivity contribution is -0.388. The molecule has 1 saturated carbocycles. The van der Waals surface area contributed by atoms with Crippen LogP contribution >= 0.6 is 11.8 Å². The van der Waals surface area contributed by atoms with E-state index in [1.165, 1.54) is 11.0 Å². The first-order chi connectivity index (χ1) is 13.7. The van der Waals surface area contributed by atoms with E-state index in [-0.39, 0.29) is 29.1 Å². The maximum Gasteiger partial charge on any atom is 0.416 e. The SMILES string of the molecule is O=C(CSc1ccc(C(F)(F)F)cc1[N+](=O)[O-])N(Cc1ccccc1F)C1CC1. The topological polar surface area (TPSA) is 63.4 Å². The molecule has 0 atom stereocenters. The first-order valence-electron chi connectivity index (χ1n) is 8.68. The summed E-state index contributed by atoms with van der Waals surface area (Å²) in [6.45, 7) is 0.0752. The van der Waals surface area contributed by atoms with Gasteiger partial charge in [0.05, 0.1) is 21.1 Å². The third kappa shape index (κ3) is 5.26. The summed E-state index contributed by atoms with van der Waals surface area (Å²) in [5.74, 6) is -0.983. The number of amides is 1. The van der Waals surface area contributed by atoms with Crippen LogP contribution in [0.15, 0.2) is 47.4 Å². The van der Waals surface area contributed by atoms with Crippen molar-refractivity contribution in [2.45, 2.75) is 36.5 Å². The highest BCUT2D eigenvalue weighted by atomic mass is 32.2. The summed E-state index contributed by atoms with van der Waals surface area (Å²) >= 11 is 0.797. The number of alkyl halides is 3. The Balaban J connectivity index is 1.73. The van der Waals surface area contributed by atoms with Crippen molar-refractivity contribution in [1.29, 1.82) is 0 Å². The zero-order valence-electron chi connectivity index (χ0n) is 15.0. The highest BCUT2D eigenvalue weighted by Crippen LogP contribution is 2.37.